The predicted octanol–water partition coefficient (Wildman–Crippen LogP) is 4.72. The lowest BCUT2D eigenvalue weighted by Crippen LogP contribution is -2.26. The van der Waals surface area contributed by atoms with Gasteiger partial charge in [-0.25, -0.2) is 4.98 Å². The van der Waals surface area contributed by atoms with Gasteiger partial charge < -0.3 is 15.2 Å². The SMILES string of the molecule is O=C(NCC1CC1)c1cc(Oc2ccc3nc(C[C@@H]4CCCC[C@H]4O)sc3c2)ccn1. The molecule has 162 valence electrons. The van der Waals surface area contributed by atoms with Crippen LogP contribution in [0.4, 0.5) is 0 Å². The Balaban J connectivity index is 1.27. The van der Waals surface area contributed by atoms with E-state index < -0.39 is 0 Å². The first-order valence-corrected chi connectivity index (χ1v) is 12.0. The number of aliphatic hydroxyl groups is 1. The Morgan fingerprint density at radius 3 is 2.81 bits per heavy atom. The highest BCUT2D eigenvalue weighted by Gasteiger charge is 2.24. The Kier molecular flexibility index (Phi) is 5.87. The Morgan fingerprint density at radius 1 is 1.13 bits per heavy atom. The molecule has 2 fully saturated rings. The largest absolute Gasteiger partial charge is 0.457 e. The van der Waals surface area contributed by atoms with Crippen LogP contribution in [0.5, 0.6) is 11.5 Å². The molecule has 2 atom stereocenters. The average molecular weight is 438 g/mol. The second kappa shape index (κ2) is 8.93. The van der Waals surface area contributed by atoms with E-state index in [1.165, 1.54) is 19.3 Å². The molecule has 1 amide bonds. The second-order valence-electron chi connectivity index (χ2n) is 8.69. The number of carbonyl (C=O) groups excluding carboxylic acids is 1. The van der Waals surface area contributed by atoms with E-state index in [0.717, 1.165) is 40.9 Å². The molecule has 2 heterocycles. The summed E-state index contributed by atoms with van der Waals surface area (Å²) in [6.45, 7) is 0.716. The minimum absolute atomic E-state index is 0.162. The van der Waals surface area contributed by atoms with Gasteiger partial charge in [-0.15, -0.1) is 11.3 Å². The van der Waals surface area contributed by atoms with Gasteiger partial charge in [0.15, 0.2) is 0 Å². The van der Waals surface area contributed by atoms with Gasteiger partial charge in [-0.2, -0.15) is 0 Å². The van der Waals surface area contributed by atoms with E-state index in [4.69, 9.17) is 9.72 Å². The molecule has 31 heavy (non-hydrogen) atoms. The molecule has 6 nitrogen and oxygen atoms in total. The van der Waals surface area contributed by atoms with E-state index in [2.05, 4.69) is 10.3 Å². The van der Waals surface area contributed by atoms with Crippen molar-refractivity contribution in [2.75, 3.05) is 6.54 Å². The average Bonchev–Trinajstić information content (AvgIpc) is 3.52. The third kappa shape index (κ3) is 5.05. The summed E-state index contributed by atoms with van der Waals surface area (Å²) in [5, 5.41) is 14.3. The fourth-order valence-electron chi connectivity index (χ4n) is 4.14. The summed E-state index contributed by atoms with van der Waals surface area (Å²) in [4.78, 5) is 21.2. The van der Waals surface area contributed by atoms with Crippen LogP contribution in [-0.4, -0.2) is 33.6 Å². The number of fused-ring (bicyclic) bond motifs is 1. The van der Waals surface area contributed by atoms with E-state index in [0.29, 0.717) is 35.6 Å². The highest BCUT2D eigenvalue weighted by molar-refractivity contribution is 7.18. The molecule has 7 heteroatoms. The summed E-state index contributed by atoms with van der Waals surface area (Å²) in [6.07, 6.45) is 8.90. The van der Waals surface area contributed by atoms with Gasteiger partial charge >= 0.3 is 0 Å². The van der Waals surface area contributed by atoms with Crippen LogP contribution in [0.2, 0.25) is 0 Å². The molecule has 5 rings (SSSR count). The summed E-state index contributed by atoms with van der Waals surface area (Å²) in [6, 6.07) is 9.28. The molecular weight excluding hydrogens is 410 g/mol. The first-order valence-electron chi connectivity index (χ1n) is 11.1. The number of hydrogen-bond donors (Lipinski definition) is 2. The summed E-state index contributed by atoms with van der Waals surface area (Å²) in [7, 11) is 0. The zero-order valence-corrected chi connectivity index (χ0v) is 18.2. The van der Waals surface area contributed by atoms with Crippen molar-refractivity contribution in [3.63, 3.8) is 0 Å². The summed E-state index contributed by atoms with van der Waals surface area (Å²) in [5.41, 5.74) is 1.32. The third-order valence-electron chi connectivity index (χ3n) is 6.16. The maximum absolute atomic E-state index is 12.3. The van der Waals surface area contributed by atoms with Crippen molar-refractivity contribution in [3.8, 4) is 11.5 Å². The zero-order valence-electron chi connectivity index (χ0n) is 17.4. The number of carbonyl (C=O) groups is 1. The first-order chi connectivity index (χ1) is 15.1. The van der Waals surface area contributed by atoms with E-state index in [-0.39, 0.29) is 12.0 Å². The summed E-state index contributed by atoms with van der Waals surface area (Å²) < 4.78 is 7.07. The number of nitrogens with zero attached hydrogens (tertiary/aromatic N) is 2. The molecule has 2 saturated carbocycles. The van der Waals surface area contributed by atoms with Crippen LogP contribution in [0.25, 0.3) is 10.2 Å². The van der Waals surface area contributed by atoms with Crippen molar-refractivity contribution >= 4 is 27.5 Å². The van der Waals surface area contributed by atoms with Crippen LogP contribution in [0, 0.1) is 11.8 Å². The number of rotatable bonds is 7. The molecule has 0 unspecified atom stereocenters. The van der Waals surface area contributed by atoms with Crippen LogP contribution in [0.3, 0.4) is 0 Å². The molecule has 0 aliphatic heterocycles. The number of ether oxygens (including phenoxy) is 1. The lowest BCUT2D eigenvalue weighted by molar-refractivity contribution is 0.0700. The Labute approximate surface area is 185 Å². The first kappa shape index (κ1) is 20.4. The monoisotopic (exact) mass is 437 g/mol. The second-order valence-corrected chi connectivity index (χ2v) is 9.80. The number of aliphatic hydroxyl groups excluding tert-OH is 1. The van der Waals surface area contributed by atoms with Gasteiger partial charge in [0.05, 0.1) is 21.3 Å². The Morgan fingerprint density at radius 2 is 1.97 bits per heavy atom. The van der Waals surface area contributed by atoms with Crippen LogP contribution in [-0.2, 0) is 6.42 Å². The fourth-order valence-corrected chi connectivity index (χ4v) is 5.23. The van der Waals surface area contributed by atoms with E-state index in [1.54, 1.807) is 29.7 Å². The van der Waals surface area contributed by atoms with Gasteiger partial charge in [0.2, 0.25) is 0 Å². The number of hydrogen-bond acceptors (Lipinski definition) is 6. The predicted molar refractivity (Wildman–Crippen MR) is 121 cm³/mol. The minimum Gasteiger partial charge on any atom is -0.457 e. The molecule has 2 N–H and O–H groups in total. The van der Waals surface area contributed by atoms with Crippen molar-refractivity contribution in [1.29, 1.82) is 0 Å². The molecule has 2 aliphatic rings. The van der Waals surface area contributed by atoms with E-state index in [1.807, 2.05) is 18.2 Å². The van der Waals surface area contributed by atoms with E-state index >= 15 is 0 Å². The van der Waals surface area contributed by atoms with Crippen molar-refractivity contribution in [2.45, 2.75) is 51.0 Å². The standard InChI is InChI=1S/C24H27N3O3S/c28-21-4-2-1-3-16(21)11-23-27-19-8-7-17(13-22(19)31-23)30-18-9-10-25-20(12-18)24(29)26-14-15-5-6-15/h7-10,12-13,15-16,21,28H,1-6,11,14H2,(H,26,29)/t16-,21+/m0/s1. The van der Waals surface area contributed by atoms with Gasteiger partial charge in [-0.05, 0) is 55.7 Å². The third-order valence-corrected chi connectivity index (χ3v) is 7.20. The van der Waals surface area contributed by atoms with Gasteiger partial charge in [0, 0.05) is 31.3 Å². The normalized spacial score (nSPS) is 21.2. The molecule has 2 aromatic heterocycles. The highest BCUT2D eigenvalue weighted by Crippen LogP contribution is 2.33. The maximum Gasteiger partial charge on any atom is 0.270 e. The summed E-state index contributed by atoms with van der Waals surface area (Å²) >= 11 is 1.66. The molecule has 1 aromatic carbocycles. The Hall–Kier alpha value is -2.51. The topological polar surface area (TPSA) is 84.3 Å². The zero-order chi connectivity index (χ0) is 21.2. The number of amides is 1. The number of nitrogens with one attached hydrogen (secondary N) is 1. The number of pyridine rings is 1. The van der Waals surface area contributed by atoms with Crippen molar-refractivity contribution in [1.82, 2.24) is 15.3 Å². The number of aromatic nitrogens is 2. The lowest BCUT2D eigenvalue weighted by Gasteiger charge is -2.26. The minimum atomic E-state index is -0.206. The molecule has 0 spiro atoms. The molecule has 0 bridgehead atoms. The van der Waals surface area contributed by atoms with Gasteiger partial charge in [-0.3, -0.25) is 9.78 Å². The van der Waals surface area contributed by atoms with Gasteiger partial charge in [0.25, 0.3) is 5.91 Å². The molecular formula is C24H27N3O3S. The molecule has 0 radical (unpaired) electrons. The van der Waals surface area contributed by atoms with Crippen LogP contribution >= 0.6 is 11.3 Å². The van der Waals surface area contributed by atoms with Crippen LogP contribution < -0.4 is 10.1 Å². The quantitative estimate of drug-likeness (QED) is 0.559. The van der Waals surface area contributed by atoms with Crippen molar-refractivity contribution in [2.24, 2.45) is 11.8 Å². The fraction of sp³-hybridized carbons (Fsp3) is 0.458. The maximum atomic E-state index is 12.3. The van der Waals surface area contributed by atoms with Gasteiger partial charge in [-0.1, -0.05) is 12.8 Å². The highest BCUT2D eigenvalue weighted by atomic mass is 32.1. The lowest BCUT2D eigenvalue weighted by atomic mass is 9.84. The van der Waals surface area contributed by atoms with E-state index in [9.17, 15) is 9.90 Å². The van der Waals surface area contributed by atoms with Crippen molar-refractivity contribution < 1.29 is 14.6 Å². The van der Waals surface area contributed by atoms with Crippen LogP contribution in [0.1, 0.15) is 54.0 Å². The number of benzene rings is 1. The molecule has 2 aliphatic carbocycles. The van der Waals surface area contributed by atoms with Gasteiger partial charge in [0.1, 0.15) is 17.2 Å². The summed E-state index contributed by atoms with van der Waals surface area (Å²) in [5.74, 6) is 2.06. The smallest absolute Gasteiger partial charge is 0.270 e. The Bertz CT molecular complexity index is 1080. The molecule has 0 saturated heterocycles. The number of thiazole rings is 1. The van der Waals surface area contributed by atoms with Crippen LogP contribution in [0.15, 0.2) is 36.5 Å². The van der Waals surface area contributed by atoms with Crippen molar-refractivity contribution in [3.05, 3.63) is 47.2 Å². The molecule has 3 aromatic rings.